The normalized spacial score (nSPS) is 19.4. The van der Waals surface area contributed by atoms with Gasteiger partial charge in [0.2, 0.25) is 11.9 Å². The Kier molecular flexibility index (Phi) is 9.12. The van der Waals surface area contributed by atoms with Crippen molar-refractivity contribution in [3.8, 4) is 11.1 Å². The topological polar surface area (TPSA) is 54.4 Å². The number of fused-ring (bicyclic) bond motifs is 1. The van der Waals surface area contributed by atoms with Gasteiger partial charge in [0.25, 0.3) is 0 Å². The van der Waals surface area contributed by atoms with Crippen LogP contribution in [0, 0.1) is 0 Å². The Morgan fingerprint density at radius 3 is 2.09 bits per heavy atom. The van der Waals surface area contributed by atoms with Gasteiger partial charge in [-0.2, -0.15) is 0 Å². The minimum atomic E-state index is -0.183. The van der Waals surface area contributed by atoms with Crippen LogP contribution in [0.25, 0.3) is 11.1 Å². The molecule has 1 N–H and O–H groups in total. The molecule has 1 atom stereocenters. The lowest BCUT2D eigenvalue weighted by Crippen LogP contribution is -2.55. The largest absolute Gasteiger partial charge is 0.352 e. The molecule has 2 fully saturated rings. The molecular weight excluding hydrogens is 568 g/mol. The highest BCUT2D eigenvalue weighted by Gasteiger charge is 2.37. The molecule has 0 radical (unpaired) electrons. The molecule has 1 unspecified atom stereocenters. The van der Waals surface area contributed by atoms with Gasteiger partial charge >= 0.3 is 0 Å². The highest BCUT2D eigenvalue weighted by molar-refractivity contribution is 6.01. The van der Waals surface area contributed by atoms with Crippen LogP contribution in [-0.2, 0) is 11.3 Å². The summed E-state index contributed by atoms with van der Waals surface area (Å²) in [6, 6.07) is 38.1. The number of aliphatic imine (C=N–C) groups is 1. The first kappa shape index (κ1) is 30.2. The van der Waals surface area contributed by atoms with Crippen LogP contribution < -0.4 is 10.2 Å². The van der Waals surface area contributed by atoms with E-state index in [1.807, 2.05) is 36.4 Å². The molecule has 0 aromatic heterocycles. The van der Waals surface area contributed by atoms with Crippen molar-refractivity contribution >= 4 is 23.2 Å². The van der Waals surface area contributed by atoms with Crippen LogP contribution in [0.3, 0.4) is 0 Å². The van der Waals surface area contributed by atoms with Crippen LogP contribution >= 0.6 is 0 Å². The van der Waals surface area contributed by atoms with E-state index in [0.29, 0.717) is 19.0 Å². The summed E-state index contributed by atoms with van der Waals surface area (Å²) in [5.41, 5.74) is 6.55. The van der Waals surface area contributed by atoms with Crippen molar-refractivity contribution in [2.24, 2.45) is 4.99 Å². The summed E-state index contributed by atoms with van der Waals surface area (Å²) < 4.78 is 0. The summed E-state index contributed by atoms with van der Waals surface area (Å²) in [6.45, 7) is 6.99. The Morgan fingerprint density at radius 1 is 0.739 bits per heavy atom. The lowest BCUT2D eigenvalue weighted by atomic mass is 9.96. The van der Waals surface area contributed by atoms with Crippen molar-refractivity contribution in [2.45, 2.75) is 37.9 Å². The molecule has 3 aliphatic heterocycles. The van der Waals surface area contributed by atoms with E-state index in [1.54, 1.807) is 0 Å². The number of rotatable bonds is 7. The zero-order chi connectivity index (χ0) is 31.3. The minimum Gasteiger partial charge on any atom is -0.352 e. The predicted octanol–water partition coefficient (Wildman–Crippen LogP) is 6.32. The van der Waals surface area contributed by atoms with E-state index in [0.717, 1.165) is 80.6 Å². The van der Waals surface area contributed by atoms with Crippen molar-refractivity contribution in [2.75, 3.05) is 51.2 Å². The van der Waals surface area contributed by atoms with Gasteiger partial charge in [-0.25, -0.2) is 4.99 Å². The molecule has 7 rings (SSSR count). The van der Waals surface area contributed by atoms with Gasteiger partial charge in [-0.3, -0.25) is 9.69 Å². The van der Waals surface area contributed by atoms with Crippen molar-refractivity contribution in [3.05, 3.63) is 120 Å². The van der Waals surface area contributed by atoms with Crippen molar-refractivity contribution in [1.29, 1.82) is 0 Å². The molecule has 3 aliphatic rings. The van der Waals surface area contributed by atoms with E-state index in [9.17, 15) is 4.79 Å². The molecule has 0 bridgehead atoms. The molecular formula is C39H44N6O. The Hall–Kier alpha value is -4.46. The van der Waals surface area contributed by atoms with Crippen LogP contribution in [0.5, 0.6) is 0 Å². The third-order valence-corrected chi connectivity index (χ3v) is 9.81. The fraction of sp³-hybridized carbons (Fsp3) is 0.333. The smallest absolute Gasteiger partial charge is 0.222 e. The molecule has 4 aromatic rings. The highest BCUT2D eigenvalue weighted by atomic mass is 16.1. The van der Waals surface area contributed by atoms with Crippen molar-refractivity contribution < 1.29 is 4.79 Å². The summed E-state index contributed by atoms with van der Waals surface area (Å²) in [5, 5.41) is 3.19. The fourth-order valence-corrected chi connectivity index (χ4v) is 7.14. The number of hydrogen-bond donors (Lipinski definition) is 1. The Labute approximate surface area is 273 Å². The number of anilines is 1. The molecule has 2 saturated heterocycles. The zero-order valence-corrected chi connectivity index (χ0v) is 26.8. The van der Waals surface area contributed by atoms with E-state index in [-0.39, 0.29) is 11.9 Å². The first-order valence-electron chi connectivity index (χ1n) is 16.7. The number of piperidine rings is 1. The van der Waals surface area contributed by atoms with Gasteiger partial charge in [0, 0.05) is 63.1 Å². The molecule has 1 amide bonds. The monoisotopic (exact) mass is 612 g/mol. The van der Waals surface area contributed by atoms with Crippen LogP contribution in [0.2, 0.25) is 0 Å². The number of hydrogen-bond acceptors (Lipinski definition) is 6. The molecule has 7 heteroatoms. The number of amides is 1. The van der Waals surface area contributed by atoms with E-state index < -0.39 is 0 Å². The predicted molar refractivity (Wildman–Crippen MR) is 187 cm³/mol. The zero-order valence-electron chi connectivity index (χ0n) is 26.8. The summed E-state index contributed by atoms with van der Waals surface area (Å²) >= 11 is 0. The number of carbonyl (C=O) groups excluding carboxylic acids is 1. The molecule has 236 valence electrons. The van der Waals surface area contributed by atoms with Gasteiger partial charge in [0.05, 0.1) is 18.2 Å². The van der Waals surface area contributed by atoms with Gasteiger partial charge < -0.3 is 20.0 Å². The molecule has 0 spiro atoms. The first-order chi connectivity index (χ1) is 22.6. The highest BCUT2D eigenvalue weighted by Crippen LogP contribution is 2.41. The summed E-state index contributed by atoms with van der Waals surface area (Å²) in [4.78, 5) is 28.9. The number of carbonyl (C=O) groups is 1. The number of nitrogens with one attached hydrogen (secondary N) is 1. The van der Waals surface area contributed by atoms with Gasteiger partial charge in [0.15, 0.2) is 0 Å². The second-order valence-electron chi connectivity index (χ2n) is 12.8. The van der Waals surface area contributed by atoms with Crippen LogP contribution in [0.4, 0.5) is 11.4 Å². The van der Waals surface area contributed by atoms with Crippen LogP contribution in [-0.4, -0.2) is 78.9 Å². The molecule has 7 nitrogen and oxygen atoms in total. The number of para-hydroxylation sites is 1. The standard InChI is InChI=1S/C39H44N6O/c1-42-24-26-43(27-25-42)33-20-22-44(23-21-33)39-41-36-15-9-8-14-35(36)37(28-38(46)40-29-30-10-4-2-5-11-30)45(39)34-18-16-32(17-19-34)31-12-6-3-7-13-31/h2-19,33,37H,20-29H2,1H3,(H,40,46). The first-order valence-corrected chi connectivity index (χ1v) is 16.7. The maximum atomic E-state index is 13.6. The maximum absolute atomic E-state index is 13.6. The maximum Gasteiger partial charge on any atom is 0.222 e. The van der Waals surface area contributed by atoms with Gasteiger partial charge in [-0.1, -0.05) is 91.0 Å². The quantitative estimate of drug-likeness (QED) is 0.265. The molecule has 46 heavy (non-hydrogen) atoms. The van der Waals surface area contributed by atoms with Gasteiger partial charge in [-0.05, 0) is 54.8 Å². The van der Waals surface area contributed by atoms with Crippen LogP contribution in [0.15, 0.2) is 114 Å². The van der Waals surface area contributed by atoms with E-state index in [1.165, 1.54) is 11.1 Å². The second kappa shape index (κ2) is 13.9. The average Bonchev–Trinajstić information content (AvgIpc) is 3.12. The van der Waals surface area contributed by atoms with E-state index in [4.69, 9.17) is 4.99 Å². The summed E-state index contributed by atoms with van der Waals surface area (Å²) in [5.74, 6) is 0.980. The summed E-state index contributed by atoms with van der Waals surface area (Å²) in [7, 11) is 2.22. The van der Waals surface area contributed by atoms with E-state index in [2.05, 4.69) is 105 Å². The van der Waals surface area contributed by atoms with Crippen LogP contribution in [0.1, 0.15) is 36.4 Å². The van der Waals surface area contributed by atoms with Crippen molar-refractivity contribution in [1.82, 2.24) is 20.0 Å². The Morgan fingerprint density at radius 2 is 1.37 bits per heavy atom. The molecule has 3 heterocycles. The second-order valence-corrected chi connectivity index (χ2v) is 12.8. The van der Waals surface area contributed by atoms with Gasteiger partial charge in [-0.15, -0.1) is 0 Å². The third-order valence-electron chi connectivity index (χ3n) is 9.81. The van der Waals surface area contributed by atoms with Crippen molar-refractivity contribution in [3.63, 3.8) is 0 Å². The average molecular weight is 613 g/mol. The number of piperazine rings is 1. The Balaban J connectivity index is 1.18. The third kappa shape index (κ3) is 6.71. The fourth-order valence-electron chi connectivity index (χ4n) is 7.14. The molecule has 0 saturated carbocycles. The SMILES string of the molecule is CN1CCN(C2CCN(C3=Nc4ccccc4C(CC(=O)NCc4ccccc4)N3c3ccc(-c4ccccc4)cc3)CC2)CC1. The lowest BCUT2D eigenvalue weighted by molar-refractivity contribution is -0.121. The number of guanidine groups is 1. The lowest BCUT2D eigenvalue weighted by Gasteiger charge is -2.46. The number of likely N-dealkylation sites (tertiary alicyclic amines) is 1. The summed E-state index contributed by atoms with van der Waals surface area (Å²) in [6.07, 6.45) is 2.57. The number of likely N-dealkylation sites (N-methyl/N-ethyl adjacent to an activating group) is 1. The number of benzene rings is 4. The van der Waals surface area contributed by atoms with E-state index >= 15 is 0 Å². The minimum absolute atomic E-state index is 0.0320. The Bertz CT molecular complexity index is 1620. The molecule has 0 aliphatic carbocycles. The number of nitrogens with zero attached hydrogens (tertiary/aromatic N) is 5. The van der Waals surface area contributed by atoms with Gasteiger partial charge in [0.1, 0.15) is 0 Å². The molecule has 4 aromatic carbocycles.